The number of hydrogen-bond donors (Lipinski definition) is 0. The maximum absolute atomic E-state index is 5.94. The zero-order valence-corrected chi connectivity index (χ0v) is 11.3. The summed E-state index contributed by atoms with van der Waals surface area (Å²) in [7, 11) is 0. The fourth-order valence-corrected chi connectivity index (χ4v) is 2.55. The van der Waals surface area contributed by atoms with Gasteiger partial charge in [-0.05, 0) is 23.3 Å². The van der Waals surface area contributed by atoms with Gasteiger partial charge in [0.25, 0.3) is 0 Å². The van der Waals surface area contributed by atoms with Crippen LogP contribution in [0.1, 0.15) is 11.7 Å². The van der Waals surface area contributed by atoms with Crippen LogP contribution in [0.3, 0.4) is 0 Å². The van der Waals surface area contributed by atoms with Crippen LogP contribution in [0.4, 0.5) is 0 Å². The molecule has 1 saturated heterocycles. The fraction of sp³-hybridized carbons (Fsp3) is 0.375. The lowest BCUT2D eigenvalue weighted by molar-refractivity contribution is 0.0294. The summed E-state index contributed by atoms with van der Waals surface area (Å²) in [4.78, 5) is 0. The van der Waals surface area contributed by atoms with Crippen LogP contribution in [0.25, 0.3) is 0 Å². The first-order valence-corrected chi connectivity index (χ1v) is 6.67. The molecular weight excluding hydrogens is 256 g/mol. The molecular formula is C16H18O4. The van der Waals surface area contributed by atoms with Crippen molar-refractivity contribution in [3.63, 3.8) is 0 Å². The van der Waals surface area contributed by atoms with E-state index in [-0.39, 0.29) is 18.8 Å². The Balaban J connectivity index is 1.88. The van der Waals surface area contributed by atoms with E-state index in [0.717, 1.165) is 22.6 Å². The first-order chi connectivity index (χ1) is 9.79. The highest BCUT2D eigenvalue weighted by molar-refractivity contribution is 5.45. The van der Waals surface area contributed by atoms with Crippen LogP contribution in [-0.4, -0.2) is 26.6 Å². The smallest absolute Gasteiger partial charge is 0.231 e. The first-order valence-electron chi connectivity index (χ1n) is 6.67. The van der Waals surface area contributed by atoms with E-state index in [9.17, 15) is 0 Å². The Labute approximate surface area is 118 Å². The van der Waals surface area contributed by atoms with E-state index < -0.39 is 0 Å². The molecule has 1 fully saturated rings. The van der Waals surface area contributed by atoms with Gasteiger partial charge in [0.15, 0.2) is 11.5 Å². The van der Waals surface area contributed by atoms with Gasteiger partial charge in [-0.3, -0.25) is 0 Å². The molecule has 4 heteroatoms. The molecule has 0 saturated carbocycles. The van der Waals surface area contributed by atoms with Crippen molar-refractivity contribution < 1.29 is 18.9 Å². The van der Waals surface area contributed by atoms with Crippen LogP contribution in [0.2, 0.25) is 0 Å². The summed E-state index contributed by atoms with van der Waals surface area (Å²) in [5.41, 5.74) is 2.12. The van der Waals surface area contributed by atoms with Crippen LogP contribution in [0, 0.1) is 5.92 Å². The van der Waals surface area contributed by atoms with E-state index in [1.807, 2.05) is 18.2 Å². The second-order valence-electron chi connectivity index (χ2n) is 4.94. The average molecular weight is 274 g/mol. The quantitative estimate of drug-likeness (QED) is 0.774. The molecule has 2 atom stereocenters. The van der Waals surface area contributed by atoms with Gasteiger partial charge in [-0.25, -0.2) is 0 Å². The SMILES string of the molecule is C=CCO[C@@H](c1ccc2c(c1)OCO2)[C@H]1COCC1=C. The molecule has 0 bridgehead atoms. The standard InChI is InChI=1S/C16H18O4/c1-3-6-18-16(13-9-17-8-11(13)2)12-4-5-14-15(7-12)20-10-19-14/h3-5,7,13,16H,1-2,6,8-10H2/t13-,16-/m0/s1. The molecule has 106 valence electrons. The minimum Gasteiger partial charge on any atom is -0.454 e. The Morgan fingerprint density at radius 2 is 2.20 bits per heavy atom. The molecule has 3 rings (SSSR count). The first kappa shape index (κ1) is 13.2. The Hall–Kier alpha value is -1.78. The molecule has 4 nitrogen and oxygen atoms in total. The number of hydrogen-bond acceptors (Lipinski definition) is 4. The zero-order valence-electron chi connectivity index (χ0n) is 11.3. The highest BCUT2D eigenvalue weighted by Gasteiger charge is 2.31. The summed E-state index contributed by atoms with van der Waals surface area (Å²) in [6.07, 6.45) is 1.65. The van der Waals surface area contributed by atoms with Crippen molar-refractivity contribution in [2.24, 2.45) is 5.92 Å². The van der Waals surface area contributed by atoms with Crippen molar-refractivity contribution >= 4 is 0 Å². The highest BCUT2D eigenvalue weighted by Crippen LogP contribution is 2.39. The van der Waals surface area contributed by atoms with Gasteiger partial charge in [0.2, 0.25) is 6.79 Å². The second-order valence-corrected chi connectivity index (χ2v) is 4.94. The second kappa shape index (κ2) is 5.69. The molecule has 0 aliphatic carbocycles. The molecule has 0 radical (unpaired) electrons. The minimum atomic E-state index is -0.0995. The number of rotatable bonds is 5. The molecule has 20 heavy (non-hydrogen) atoms. The Bertz CT molecular complexity index is 523. The maximum Gasteiger partial charge on any atom is 0.231 e. The van der Waals surface area contributed by atoms with Gasteiger partial charge >= 0.3 is 0 Å². The Morgan fingerprint density at radius 1 is 1.35 bits per heavy atom. The Kier molecular flexibility index (Phi) is 3.76. The molecule has 0 aromatic heterocycles. The number of benzene rings is 1. The van der Waals surface area contributed by atoms with E-state index in [0.29, 0.717) is 19.8 Å². The van der Waals surface area contributed by atoms with Crippen molar-refractivity contribution in [1.82, 2.24) is 0 Å². The van der Waals surface area contributed by atoms with Gasteiger partial charge in [-0.15, -0.1) is 6.58 Å². The third-order valence-electron chi connectivity index (χ3n) is 3.59. The van der Waals surface area contributed by atoms with Gasteiger partial charge < -0.3 is 18.9 Å². The van der Waals surface area contributed by atoms with Crippen molar-refractivity contribution in [3.8, 4) is 11.5 Å². The zero-order chi connectivity index (χ0) is 13.9. The molecule has 0 unspecified atom stereocenters. The number of fused-ring (bicyclic) bond motifs is 1. The van der Waals surface area contributed by atoms with Crippen molar-refractivity contribution in [3.05, 3.63) is 48.6 Å². The molecule has 0 amide bonds. The van der Waals surface area contributed by atoms with Gasteiger partial charge in [-0.1, -0.05) is 18.7 Å². The van der Waals surface area contributed by atoms with Crippen LogP contribution in [0.5, 0.6) is 11.5 Å². The monoisotopic (exact) mass is 274 g/mol. The maximum atomic E-state index is 5.94. The van der Waals surface area contributed by atoms with Crippen LogP contribution in [-0.2, 0) is 9.47 Å². The van der Waals surface area contributed by atoms with Crippen LogP contribution in [0.15, 0.2) is 43.0 Å². The normalized spacial score (nSPS) is 22.0. The minimum absolute atomic E-state index is 0.0995. The van der Waals surface area contributed by atoms with Crippen molar-refractivity contribution in [1.29, 1.82) is 0 Å². The van der Waals surface area contributed by atoms with E-state index in [2.05, 4.69) is 13.2 Å². The van der Waals surface area contributed by atoms with Gasteiger partial charge in [0.05, 0.1) is 25.9 Å². The van der Waals surface area contributed by atoms with E-state index in [1.54, 1.807) is 6.08 Å². The molecule has 0 spiro atoms. The predicted octanol–water partition coefficient (Wildman–Crippen LogP) is 2.86. The van der Waals surface area contributed by atoms with E-state index in [1.165, 1.54) is 0 Å². The lowest BCUT2D eigenvalue weighted by atomic mass is 9.92. The third kappa shape index (κ3) is 2.44. The largest absolute Gasteiger partial charge is 0.454 e. The van der Waals surface area contributed by atoms with Crippen LogP contribution < -0.4 is 9.47 Å². The predicted molar refractivity (Wildman–Crippen MR) is 74.9 cm³/mol. The average Bonchev–Trinajstić information content (AvgIpc) is 3.08. The summed E-state index contributed by atoms with van der Waals surface area (Å²) < 4.78 is 22.2. The molecule has 1 aromatic rings. The van der Waals surface area contributed by atoms with Crippen molar-refractivity contribution in [2.45, 2.75) is 6.10 Å². The van der Waals surface area contributed by atoms with E-state index >= 15 is 0 Å². The van der Waals surface area contributed by atoms with Gasteiger partial charge in [-0.2, -0.15) is 0 Å². The summed E-state index contributed by atoms with van der Waals surface area (Å²) in [5.74, 6) is 1.70. The van der Waals surface area contributed by atoms with Gasteiger partial charge in [0.1, 0.15) is 0 Å². The third-order valence-corrected chi connectivity index (χ3v) is 3.59. The molecule has 0 N–H and O–H groups in total. The van der Waals surface area contributed by atoms with Gasteiger partial charge in [0, 0.05) is 5.92 Å². The molecule has 2 heterocycles. The van der Waals surface area contributed by atoms with E-state index in [4.69, 9.17) is 18.9 Å². The summed E-state index contributed by atoms with van der Waals surface area (Å²) in [6, 6.07) is 5.90. The van der Waals surface area contributed by atoms with Crippen LogP contribution >= 0.6 is 0 Å². The Morgan fingerprint density at radius 3 is 2.95 bits per heavy atom. The molecule has 2 aliphatic heterocycles. The topological polar surface area (TPSA) is 36.9 Å². The highest BCUT2D eigenvalue weighted by atomic mass is 16.7. The molecule has 1 aromatic carbocycles. The molecule has 2 aliphatic rings. The summed E-state index contributed by atoms with van der Waals surface area (Å²) in [5, 5.41) is 0. The number of ether oxygens (including phenoxy) is 4. The lowest BCUT2D eigenvalue weighted by Gasteiger charge is -2.24. The van der Waals surface area contributed by atoms with Crippen molar-refractivity contribution in [2.75, 3.05) is 26.6 Å². The summed E-state index contributed by atoms with van der Waals surface area (Å²) >= 11 is 0. The lowest BCUT2D eigenvalue weighted by Crippen LogP contribution is -2.18. The summed E-state index contributed by atoms with van der Waals surface area (Å²) in [6.45, 7) is 9.78. The fourth-order valence-electron chi connectivity index (χ4n) is 2.55.